The minimum atomic E-state index is 0.118. The molecule has 0 aromatic carbocycles. The maximum Gasteiger partial charge on any atom is 0.155 e. The van der Waals surface area contributed by atoms with Crippen LogP contribution in [0.2, 0.25) is 0 Å². The van der Waals surface area contributed by atoms with Crippen LogP contribution < -0.4 is 5.73 Å². The first-order chi connectivity index (χ1) is 3.79. The molecule has 0 heterocycles. The number of hydrogen-bond donors (Lipinski definition) is 1. The molecule has 44 valence electrons. The van der Waals surface area contributed by atoms with Gasteiger partial charge in [-0.15, -0.1) is 0 Å². The fourth-order valence-corrected chi connectivity index (χ4v) is 0.719. The lowest BCUT2D eigenvalue weighted by molar-refractivity contribution is -0.115. The molecule has 1 aliphatic carbocycles. The van der Waals surface area contributed by atoms with E-state index in [0.717, 1.165) is 6.42 Å². The summed E-state index contributed by atoms with van der Waals surface area (Å²) in [5.74, 6) is 0.201. The quantitative estimate of drug-likeness (QED) is 0.486. The molecule has 0 bridgehead atoms. The van der Waals surface area contributed by atoms with Gasteiger partial charge in [0.25, 0.3) is 0 Å². The monoisotopic (exact) mass is 111 g/mol. The minimum Gasteiger partial charge on any atom is -0.324 e. The van der Waals surface area contributed by atoms with Crippen molar-refractivity contribution < 1.29 is 4.79 Å². The van der Waals surface area contributed by atoms with Gasteiger partial charge in [-0.1, -0.05) is 6.08 Å². The van der Waals surface area contributed by atoms with Crippen LogP contribution in [0.5, 0.6) is 0 Å². The van der Waals surface area contributed by atoms with Gasteiger partial charge in [0.05, 0.1) is 0 Å². The predicted molar refractivity (Wildman–Crippen MR) is 31.4 cm³/mol. The molecular weight excluding hydrogens is 102 g/mol. The molecule has 0 saturated carbocycles. The van der Waals surface area contributed by atoms with Gasteiger partial charge in [-0.25, -0.2) is 0 Å². The first-order valence-electron chi connectivity index (χ1n) is 2.75. The predicted octanol–water partition coefficient (Wildman–Crippen LogP) is 0.233. The van der Waals surface area contributed by atoms with Crippen LogP contribution in [0, 0.1) is 0 Å². The van der Waals surface area contributed by atoms with Crippen LogP contribution in [0.15, 0.2) is 12.2 Å². The van der Waals surface area contributed by atoms with E-state index in [-0.39, 0.29) is 11.8 Å². The molecule has 0 aromatic rings. The third kappa shape index (κ3) is 1.17. The Labute approximate surface area is 48.4 Å². The van der Waals surface area contributed by atoms with E-state index in [9.17, 15) is 4.79 Å². The lowest BCUT2D eigenvalue weighted by Gasteiger charge is -2.07. The summed E-state index contributed by atoms with van der Waals surface area (Å²) in [6.45, 7) is 0. The minimum absolute atomic E-state index is 0.118. The lowest BCUT2D eigenvalue weighted by Crippen LogP contribution is -2.21. The topological polar surface area (TPSA) is 43.1 Å². The molecule has 2 N–H and O–H groups in total. The number of hydrogen-bond acceptors (Lipinski definition) is 2. The third-order valence-corrected chi connectivity index (χ3v) is 1.25. The van der Waals surface area contributed by atoms with Crippen molar-refractivity contribution in [3.8, 4) is 0 Å². The van der Waals surface area contributed by atoms with Crippen molar-refractivity contribution in [3.63, 3.8) is 0 Å². The summed E-state index contributed by atoms with van der Waals surface area (Å²) in [5, 5.41) is 0. The van der Waals surface area contributed by atoms with Crippen LogP contribution in [0.25, 0.3) is 0 Å². The van der Waals surface area contributed by atoms with Gasteiger partial charge >= 0.3 is 0 Å². The largest absolute Gasteiger partial charge is 0.324 e. The molecule has 1 atom stereocenters. The Hall–Kier alpha value is -0.630. The standard InChI is InChI=1S/C6H9NO/c7-5-1-3-6(8)4-2-5/h1,3,5H,2,4,7H2. The summed E-state index contributed by atoms with van der Waals surface area (Å²) in [7, 11) is 0. The zero-order chi connectivity index (χ0) is 5.98. The molecule has 1 unspecified atom stereocenters. The van der Waals surface area contributed by atoms with E-state index in [2.05, 4.69) is 0 Å². The van der Waals surface area contributed by atoms with Gasteiger partial charge in [0, 0.05) is 12.5 Å². The van der Waals surface area contributed by atoms with Gasteiger partial charge < -0.3 is 5.73 Å². The van der Waals surface area contributed by atoms with Crippen molar-refractivity contribution >= 4 is 5.78 Å². The number of nitrogens with two attached hydrogens (primary N) is 1. The lowest BCUT2D eigenvalue weighted by atomic mass is 10.0. The maximum atomic E-state index is 10.5. The van der Waals surface area contributed by atoms with Crippen molar-refractivity contribution in [2.24, 2.45) is 5.73 Å². The Bertz CT molecular complexity index is 128. The van der Waals surface area contributed by atoms with E-state index in [1.54, 1.807) is 12.2 Å². The zero-order valence-electron chi connectivity index (χ0n) is 4.63. The second-order valence-corrected chi connectivity index (χ2v) is 2.03. The van der Waals surface area contributed by atoms with Gasteiger partial charge in [0.2, 0.25) is 0 Å². The van der Waals surface area contributed by atoms with Crippen LogP contribution >= 0.6 is 0 Å². The van der Waals surface area contributed by atoms with Gasteiger partial charge in [-0.3, -0.25) is 4.79 Å². The van der Waals surface area contributed by atoms with Gasteiger partial charge in [0.15, 0.2) is 5.78 Å². The molecule has 0 radical (unpaired) electrons. The fourth-order valence-electron chi connectivity index (χ4n) is 0.719. The van der Waals surface area contributed by atoms with Crippen LogP contribution in [0.1, 0.15) is 12.8 Å². The molecule has 8 heavy (non-hydrogen) atoms. The maximum absolute atomic E-state index is 10.5. The zero-order valence-corrected chi connectivity index (χ0v) is 4.63. The van der Waals surface area contributed by atoms with E-state index >= 15 is 0 Å². The smallest absolute Gasteiger partial charge is 0.155 e. The number of allylic oxidation sites excluding steroid dienone is 1. The van der Waals surface area contributed by atoms with Crippen molar-refractivity contribution in [2.75, 3.05) is 0 Å². The molecule has 0 aliphatic heterocycles. The fraction of sp³-hybridized carbons (Fsp3) is 0.500. The van der Waals surface area contributed by atoms with Gasteiger partial charge in [-0.05, 0) is 12.5 Å². The number of carbonyl (C=O) groups excluding carboxylic acids is 1. The van der Waals surface area contributed by atoms with Crippen molar-refractivity contribution in [3.05, 3.63) is 12.2 Å². The summed E-state index contributed by atoms with van der Waals surface area (Å²) in [6.07, 6.45) is 4.76. The van der Waals surface area contributed by atoms with Gasteiger partial charge in [-0.2, -0.15) is 0 Å². The van der Waals surface area contributed by atoms with Crippen LogP contribution in [0.4, 0.5) is 0 Å². The molecular formula is C6H9NO. The van der Waals surface area contributed by atoms with E-state index in [4.69, 9.17) is 5.73 Å². The van der Waals surface area contributed by atoms with E-state index in [0.29, 0.717) is 6.42 Å². The average molecular weight is 111 g/mol. The Kier molecular flexibility index (Phi) is 1.44. The number of ketones is 1. The van der Waals surface area contributed by atoms with E-state index in [1.807, 2.05) is 0 Å². The molecule has 2 nitrogen and oxygen atoms in total. The first-order valence-corrected chi connectivity index (χ1v) is 2.75. The SMILES string of the molecule is NC1C=CC(=O)CC1. The molecule has 0 fully saturated rings. The summed E-state index contributed by atoms with van der Waals surface area (Å²) in [6, 6.07) is 0.118. The first kappa shape index (κ1) is 5.51. The molecule has 1 rings (SSSR count). The second-order valence-electron chi connectivity index (χ2n) is 2.03. The normalized spacial score (nSPS) is 28.6. The van der Waals surface area contributed by atoms with Crippen molar-refractivity contribution in [2.45, 2.75) is 18.9 Å². The molecule has 0 spiro atoms. The summed E-state index contributed by atoms with van der Waals surface area (Å²) in [4.78, 5) is 10.5. The Morgan fingerprint density at radius 2 is 2.50 bits per heavy atom. The molecule has 2 heteroatoms. The molecule has 1 aliphatic rings. The Balaban J connectivity index is 2.55. The highest BCUT2D eigenvalue weighted by Crippen LogP contribution is 2.03. The van der Waals surface area contributed by atoms with Gasteiger partial charge in [0.1, 0.15) is 0 Å². The van der Waals surface area contributed by atoms with Crippen molar-refractivity contribution in [1.29, 1.82) is 0 Å². The summed E-state index contributed by atoms with van der Waals surface area (Å²) >= 11 is 0. The highest BCUT2D eigenvalue weighted by molar-refractivity contribution is 5.90. The number of carbonyl (C=O) groups is 1. The second kappa shape index (κ2) is 2.09. The highest BCUT2D eigenvalue weighted by Gasteiger charge is 2.06. The van der Waals surface area contributed by atoms with Crippen molar-refractivity contribution in [1.82, 2.24) is 0 Å². The van der Waals surface area contributed by atoms with Crippen LogP contribution in [0.3, 0.4) is 0 Å². The average Bonchev–Trinajstić information content (AvgIpc) is 1.77. The summed E-state index contributed by atoms with van der Waals surface area (Å²) < 4.78 is 0. The van der Waals surface area contributed by atoms with Crippen LogP contribution in [-0.4, -0.2) is 11.8 Å². The van der Waals surface area contributed by atoms with E-state index in [1.165, 1.54) is 0 Å². The van der Waals surface area contributed by atoms with Crippen LogP contribution in [-0.2, 0) is 4.79 Å². The molecule has 0 aromatic heterocycles. The Morgan fingerprint density at radius 1 is 1.75 bits per heavy atom. The number of rotatable bonds is 0. The highest BCUT2D eigenvalue weighted by atomic mass is 16.1. The third-order valence-electron chi connectivity index (χ3n) is 1.25. The summed E-state index contributed by atoms with van der Waals surface area (Å²) in [5.41, 5.74) is 5.46. The molecule has 0 amide bonds. The van der Waals surface area contributed by atoms with E-state index < -0.39 is 0 Å². The molecule has 0 saturated heterocycles. The Morgan fingerprint density at radius 3 is 2.88 bits per heavy atom.